The molecule has 2 aromatic rings. The number of benzene rings is 2. The van der Waals surface area contributed by atoms with E-state index in [4.69, 9.17) is 4.74 Å². The lowest BCUT2D eigenvalue weighted by Crippen LogP contribution is -2.17. The summed E-state index contributed by atoms with van der Waals surface area (Å²) in [6.45, 7) is -0.0659. The number of ether oxygens (including phenoxy) is 1. The second-order valence-corrected chi connectivity index (χ2v) is 4.67. The molecule has 2 rings (SSSR count). The first-order valence-corrected chi connectivity index (χ1v) is 6.64. The second-order valence-electron chi connectivity index (χ2n) is 4.67. The summed E-state index contributed by atoms with van der Waals surface area (Å²) in [5, 5.41) is 5.10. The van der Waals surface area contributed by atoms with Gasteiger partial charge >= 0.3 is 0 Å². The van der Waals surface area contributed by atoms with E-state index < -0.39 is 17.5 Å². The van der Waals surface area contributed by atoms with E-state index in [1.165, 1.54) is 7.11 Å². The van der Waals surface area contributed by atoms with Crippen LogP contribution < -0.4 is 10.6 Å². The van der Waals surface area contributed by atoms with E-state index >= 15 is 0 Å². The van der Waals surface area contributed by atoms with Crippen LogP contribution in [0.4, 0.5) is 20.2 Å². The highest BCUT2D eigenvalue weighted by atomic mass is 19.1. The molecule has 0 spiro atoms. The predicted molar refractivity (Wildman–Crippen MR) is 81.3 cm³/mol. The zero-order chi connectivity index (χ0) is 16.8. The Labute approximate surface area is 131 Å². The summed E-state index contributed by atoms with van der Waals surface area (Å²) in [6.07, 6.45) is 0. The van der Waals surface area contributed by atoms with Crippen LogP contribution in [-0.2, 0) is 9.53 Å². The lowest BCUT2D eigenvalue weighted by molar-refractivity contribution is -0.119. The lowest BCUT2D eigenvalue weighted by atomic mass is 10.2. The van der Waals surface area contributed by atoms with Gasteiger partial charge in [0.25, 0.3) is 5.91 Å². The number of hydrogen-bond donors (Lipinski definition) is 2. The third-order valence-corrected chi connectivity index (χ3v) is 2.83. The van der Waals surface area contributed by atoms with Crippen LogP contribution in [0.5, 0.6) is 0 Å². The molecule has 0 heterocycles. The van der Waals surface area contributed by atoms with E-state index in [1.807, 2.05) is 0 Å². The van der Waals surface area contributed by atoms with E-state index in [0.717, 1.165) is 12.1 Å². The Balaban J connectivity index is 2.02. The van der Waals surface area contributed by atoms with Crippen LogP contribution in [-0.4, -0.2) is 25.5 Å². The summed E-state index contributed by atoms with van der Waals surface area (Å²) >= 11 is 0. The number of nitrogens with one attached hydrogen (secondary N) is 2. The normalized spacial score (nSPS) is 10.2. The third-order valence-electron chi connectivity index (χ3n) is 2.83. The number of halogens is 2. The quantitative estimate of drug-likeness (QED) is 0.890. The number of amides is 2. The summed E-state index contributed by atoms with van der Waals surface area (Å²) in [5.41, 5.74) is 0.825. The molecule has 23 heavy (non-hydrogen) atoms. The van der Waals surface area contributed by atoms with Crippen molar-refractivity contribution in [2.24, 2.45) is 0 Å². The molecule has 2 amide bonds. The van der Waals surface area contributed by atoms with Crippen molar-refractivity contribution >= 4 is 23.2 Å². The van der Waals surface area contributed by atoms with Gasteiger partial charge in [-0.05, 0) is 36.4 Å². The van der Waals surface area contributed by atoms with Gasteiger partial charge in [0.15, 0.2) is 0 Å². The molecule has 120 valence electrons. The molecule has 0 bridgehead atoms. The van der Waals surface area contributed by atoms with Crippen LogP contribution in [0.2, 0.25) is 0 Å². The molecule has 0 radical (unpaired) electrons. The van der Waals surface area contributed by atoms with Crippen LogP contribution in [0.3, 0.4) is 0 Å². The van der Waals surface area contributed by atoms with Gasteiger partial charge in [0.05, 0.1) is 0 Å². The minimum Gasteiger partial charge on any atom is -0.375 e. The fraction of sp³-hybridized carbons (Fsp3) is 0.125. The maximum absolute atomic E-state index is 13.1. The second kappa shape index (κ2) is 7.46. The van der Waals surface area contributed by atoms with Gasteiger partial charge in [-0.15, -0.1) is 0 Å². The van der Waals surface area contributed by atoms with E-state index in [9.17, 15) is 18.4 Å². The SMILES string of the molecule is COCC(=O)Nc1ccc(NC(=O)c2cc(F)cc(F)c2)cc1. The smallest absolute Gasteiger partial charge is 0.255 e. The predicted octanol–water partition coefficient (Wildman–Crippen LogP) is 2.80. The molecule has 0 aliphatic heterocycles. The van der Waals surface area contributed by atoms with Gasteiger partial charge in [-0.3, -0.25) is 9.59 Å². The number of rotatable bonds is 5. The molecule has 2 aromatic carbocycles. The molecule has 2 N–H and O–H groups in total. The maximum atomic E-state index is 13.1. The molecule has 0 saturated heterocycles. The van der Waals surface area contributed by atoms with Crippen molar-refractivity contribution in [2.45, 2.75) is 0 Å². The molecule has 0 aliphatic rings. The average molecular weight is 320 g/mol. The van der Waals surface area contributed by atoms with Crippen molar-refractivity contribution < 1.29 is 23.1 Å². The molecule has 0 unspecified atom stereocenters. The fourth-order valence-corrected chi connectivity index (χ4v) is 1.85. The van der Waals surface area contributed by atoms with Crippen molar-refractivity contribution in [3.63, 3.8) is 0 Å². The first-order chi connectivity index (χ1) is 11.0. The average Bonchev–Trinajstić information content (AvgIpc) is 2.48. The van der Waals surface area contributed by atoms with Gasteiger partial charge in [0, 0.05) is 30.1 Å². The molecule has 0 aromatic heterocycles. The molecule has 7 heteroatoms. The number of carbonyl (C=O) groups is 2. The van der Waals surface area contributed by atoms with Gasteiger partial charge in [0.2, 0.25) is 5.91 Å². The monoisotopic (exact) mass is 320 g/mol. The van der Waals surface area contributed by atoms with Crippen LogP contribution in [0, 0.1) is 11.6 Å². The number of hydrogen-bond acceptors (Lipinski definition) is 3. The summed E-state index contributed by atoms with van der Waals surface area (Å²) in [4.78, 5) is 23.3. The molecule has 0 saturated carbocycles. The summed E-state index contributed by atoms with van der Waals surface area (Å²) in [6, 6.07) is 8.83. The van der Waals surface area contributed by atoms with E-state index in [1.54, 1.807) is 24.3 Å². The first kappa shape index (κ1) is 16.6. The molecule has 0 aliphatic carbocycles. The van der Waals surface area contributed by atoms with Crippen LogP contribution in [0.25, 0.3) is 0 Å². The highest BCUT2D eigenvalue weighted by molar-refractivity contribution is 6.04. The minimum atomic E-state index is -0.827. The largest absolute Gasteiger partial charge is 0.375 e. The van der Waals surface area contributed by atoms with Crippen molar-refractivity contribution in [1.29, 1.82) is 0 Å². The Hall–Kier alpha value is -2.80. The molecule has 0 fully saturated rings. The highest BCUT2D eigenvalue weighted by Gasteiger charge is 2.10. The van der Waals surface area contributed by atoms with E-state index in [0.29, 0.717) is 17.4 Å². The number of anilines is 2. The fourth-order valence-electron chi connectivity index (χ4n) is 1.85. The van der Waals surface area contributed by atoms with Gasteiger partial charge in [-0.25, -0.2) is 8.78 Å². The van der Waals surface area contributed by atoms with Gasteiger partial charge in [0.1, 0.15) is 18.2 Å². The van der Waals surface area contributed by atoms with Crippen molar-refractivity contribution in [3.8, 4) is 0 Å². The van der Waals surface area contributed by atoms with Crippen LogP contribution in [0.15, 0.2) is 42.5 Å². The Morgan fingerprint density at radius 2 is 1.48 bits per heavy atom. The Morgan fingerprint density at radius 3 is 2.00 bits per heavy atom. The Morgan fingerprint density at radius 1 is 0.957 bits per heavy atom. The molecular weight excluding hydrogens is 306 g/mol. The van der Waals surface area contributed by atoms with E-state index in [2.05, 4.69) is 10.6 Å². The third kappa shape index (κ3) is 4.86. The van der Waals surface area contributed by atoms with Crippen LogP contribution in [0.1, 0.15) is 10.4 Å². The highest BCUT2D eigenvalue weighted by Crippen LogP contribution is 2.15. The molecule has 5 nitrogen and oxygen atoms in total. The van der Waals surface area contributed by atoms with Crippen molar-refractivity contribution in [1.82, 2.24) is 0 Å². The number of carbonyl (C=O) groups excluding carboxylic acids is 2. The van der Waals surface area contributed by atoms with Crippen molar-refractivity contribution in [3.05, 3.63) is 59.7 Å². The van der Waals surface area contributed by atoms with Gasteiger partial charge in [-0.2, -0.15) is 0 Å². The number of methoxy groups -OCH3 is 1. The minimum absolute atomic E-state index is 0.0659. The lowest BCUT2D eigenvalue weighted by Gasteiger charge is -2.08. The Kier molecular flexibility index (Phi) is 5.37. The summed E-state index contributed by atoms with van der Waals surface area (Å²) in [5.74, 6) is -2.60. The maximum Gasteiger partial charge on any atom is 0.255 e. The van der Waals surface area contributed by atoms with Gasteiger partial charge in [-0.1, -0.05) is 0 Å². The van der Waals surface area contributed by atoms with Crippen LogP contribution >= 0.6 is 0 Å². The molecular formula is C16H14F2N2O3. The van der Waals surface area contributed by atoms with Gasteiger partial charge < -0.3 is 15.4 Å². The topological polar surface area (TPSA) is 67.4 Å². The zero-order valence-corrected chi connectivity index (χ0v) is 12.2. The summed E-state index contributed by atoms with van der Waals surface area (Å²) < 4.78 is 30.9. The first-order valence-electron chi connectivity index (χ1n) is 6.64. The van der Waals surface area contributed by atoms with E-state index in [-0.39, 0.29) is 18.1 Å². The van der Waals surface area contributed by atoms with Crippen molar-refractivity contribution in [2.75, 3.05) is 24.4 Å². The molecule has 0 atom stereocenters. The Bertz CT molecular complexity index is 698. The zero-order valence-electron chi connectivity index (χ0n) is 12.2. The summed E-state index contributed by atoms with van der Waals surface area (Å²) in [7, 11) is 1.41. The standard InChI is InChI=1S/C16H14F2N2O3/c1-23-9-15(21)19-13-2-4-14(5-3-13)20-16(22)10-6-11(17)8-12(18)7-10/h2-8H,9H2,1H3,(H,19,21)(H,20,22).